The van der Waals surface area contributed by atoms with Crippen molar-refractivity contribution in [2.24, 2.45) is 0 Å². The first-order valence-electron chi connectivity index (χ1n) is 8.41. The Morgan fingerprint density at radius 3 is 2.42 bits per heavy atom. The lowest BCUT2D eigenvalue weighted by molar-refractivity contribution is -0.128. The van der Waals surface area contributed by atoms with Crippen LogP contribution in [0.2, 0.25) is 0 Å². The van der Waals surface area contributed by atoms with Crippen molar-refractivity contribution in [1.82, 2.24) is 4.90 Å². The maximum absolute atomic E-state index is 13.0. The molecule has 0 aromatic heterocycles. The van der Waals surface area contributed by atoms with Crippen LogP contribution in [-0.2, 0) is 21.2 Å². The summed E-state index contributed by atoms with van der Waals surface area (Å²) in [5, 5.41) is 0. The van der Waals surface area contributed by atoms with Gasteiger partial charge in [-0.2, -0.15) is 0 Å². The third-order valence-electron chi connectivity index (χ3n) is 4.42. The quantitative estimate of drug-likeness (QED) is 0.757. The van der Waals surface area contributed by atoms with Gasteiger partial charge in [0.1, 0.15) is 5.82 Å². The molecule has 136 valence electrons. The smallest absolute Gasteiger partial charge is 0.247 e. The lowest BCUT2D eigenvalue weighted by Crippen LogP contribution is -2.39. The van der Waals surface area contributed by atoms with Crippen molar-refractivity contribution in [2.45, 2.75) is 19.0 Å². The summed E-state index contributed by atoms with van der Waals surface area (Å²) in [6, 6.07) is 15.0. The van der Waals surface area contributed by atoms with E-state index in [0.717, 1.165) is 5.56 Å². The summed E-state index contributed by atoms with van der Waals surface area (Å²) in [5.74, 6) is -0.482. The van der Waals surface area contributed by atoms with Gasteiger partial charge in [0.05, 0.1) is 11.5 Å². The second-order valence-corrected chi connectivity index (χ2v) is 8.62. The van der Waals surface area contributed by atoms with Crippen LogP contribution in [-0.4, -0.2) is 36.8 Å². The molecule has 2 aromatic carbocycles. The standard InChI is InChI=1S/C20H20FNO3S/c21-18-9-6-16(7-10-18)8-11-20(23)22(14-17-4-2-1-3-5-17)19-12-13-26(24,25)15-19/h1-11,19H,12-15H2. The van der Waals surface area contributed by atoms with E-state index in [-0.39, 0.29) is 29.3 Å². The Labute approximate surface area is 152 Å². The highest BCUT2D eigenvalue weighted by Crippen LogP contribution is 2.21. The number of sulfone groups is 1. The summed E-state index contributed by atoms with van der Waals surface area (Å²) in [4.78, 5) is 14.4. The van der Waals surface area contributed by atoms with Crippen molar-refractivity contribution >= 4 is 21.8 Å². The molecule has 1 heterocycles. The molecule has 0 radical (unpaired) electrons. The number of nitrogens with zero attached hydrogens (tertiary/aromatic N) is 1. The number of amides is 1. The molecule has 1 fully saturated rings. The van der Waals surface area contributed by atoms with Crippen molar-refractivity contribution in [3.05, 3.63) is 77.6 Å². The Balaban J connectivity index is 1.79. The molecule has 0 saturated carbocycles. The molecule has 0 spiro atoms. The predicted molar refractivity (Wildman–Crippen MR) is 99.5 cm³/mol. The predicted octanol–water partition coefficient (Wildman–Crippen LogP) is 3.05. The molecule has 1 aliphatic heterocycles. The number of rotatable bonds is 5. The molecule has 1 saturated heterocycles. The van der Waals surface area contributed by atoms with Crippen molar-refractivity contribution < 1.29 is 17.6 Å². The maximum Gasteiger partial charge on any atom is 0.247 e. The van der Waals surface area contributed by atoms with Gasteiger partial charge < -0.3 is 4.90 Å². The van der Waals surface area contributed by atoms with E-state index in [4.69, 9.17) is 0 Å². The lowest BCUT2D eigenvalue weighted by atomic mass is 10.1. The minimum Gasteiger partial charge on any atom is -0.331 e. The van der Waals surface area contributed by atoms with Gasteiger partial charge in [-0.05, 0) is 35.8 Å². The first-order chi connectivity index (χ1) is 12.4. The summed E-state index contributed by atoms with van der Waals surface area (Å²) in [5.41, 5.74) is 1.65. The van der Waals surface area contributed by atoms with Crippen LogP contribution in [0.4, 0.5) is 4.39 Å². The molecule has 1 unspecified atom stereocenters. The zero-order chi connectivity index (χ0) is 18.6. The molecule has 0 bridgehead atoms. The molecule has 2 aromatic rings. The molecule has 1 amide bonds. The van der Waals surface area contributed by atoms with Crippen LogP contribution in [0.5, 0.6) is 0 Å². The van der Waals surface area contributed by atoms with E-state index in [1.54, 1.807) is 23.1 Å². The lowest BCUT2D eigenvalue weighted by Gasteiger charge is -2.27. The van der Waals surface area contributed by atoms with Crippen molar-refractivity contribution in [1.29, 1.82) is 0 Å². The van der Waals surface area contributed by atoms with Crippen LogP contribution in [0.1, 0.15) is 17.5 Å². The van der Waals surface area contributed by atoms with Gasteiger partial charge in [-0.25, -0.2) is 12.8 Å². The van der Waals surface area contributed by atoms with E-state index in [2.05, 4.69) is 0 Å². The third-order valence-corrected chi connectivity index (χ3v) is 6.17. The van der Waals surface area contributed by atoms with Crippen LogP contribution in [0, 0.1) is 5.82 Å². The fourth-order valence-corrected chi connectivity index (χ4v) is 4.76. The Bertz CT molecular complexity index is 892. The first-order valence-corrected chi connectivity index (χ1v) is 10.2. The molecule has 6 heteroatoms. The van der Waals surface area contributed by atoms with Gasteiger partial charge in [0.25, 0.3) is 0 Å². The molecule has 26 heavy (non-hydrogen) atoms. The second kappa shape index (κ2) is 7.83. The van der Waals surface area contributed by atoms with Crippen LogP contribution in [0.3, 0.4) is 0 Å². The molecule has 0 N–H and O–H groups in total. The topological polar surface area (TPSA) is 54.5 Å². The Morgan fingerprint density at radius 2 is 1.81 bits per heavy atom. The van der Waals surface area contributed by atoms with Crippen molar-refractivity contribution in [2.75, 3.05) is 11.5 Å². The van der Waals surface area contributed by atoms with Crippen LogP contribution in [0.25, 0.3) is 6.08 Å². The van der Waals surface area contributed by atoms with Gasteiger partial charge >= 0.3 is 0 Å². The van der Waals surface area contributed by atoms with Crippen LogP contribution >= 0.6 is 0 Å². The number of benzene rings is 2. The second-order valence-electron chi connectivity index (χ2n) is 6.39. The maximum atomic E-state index is 13.0. The average molecular weight is 373 g/mol. The largest absolute Gasteiger partial charge is 0.331 e. The normalized spacial score (nSPS) is 18.9. The van der Waals surface area contributed by atoms with Gasteiger partial charge in [0, 0.05) is 18.7 Å². The highest BCUT2D eigenvalue weighted by molar-refractivity contribution is 7.91. The molecule has 3 rings (SSSR count). The van der Waals surface area contributed by atoms with E-state index in [1.807, 2.05) is 30.3 Å². The summed E-state index contributed by atoms with van der Waals surface area (Å²) in [7, 11) is -3.10. The fourth-order valence-electron chi connectivity index (χ4n) is 3.03. The van der Waals surface area contributed by atoms with E-state index in [1.165, 1.54) is 18.2 Å². The van der Waals surface area contributed by atoms with E-state index in [0.29, 0.717) is 18.5 Å². The molecule has 0 aliphatic carbocycles. The fraction of sp³-hybridized carbons (Fsp3) is 0.250. The van der Waals surface area contributed by atoms with E-state index >= 15 is 0 Å². The monoisotopic (exact) mass is 373 g/mol. The number of halogens is 1. The zero-order valence-corrected chi connectivity index (χ0v) is 15.0. The number of hydrogen-bond donors (Lipinski definition) is 0. The molecule has 4 nitrogen and oxygen atoms in total. The minimum absolute atomic E-state index is 0.00401. The third kappa shape index (κ3) is 4.79. The SMILES string of the molecule is O=C(C=Cc1ccc(F)cc1)N(Cc1ccccc1)C1CCS(=O)(=O)C1. The van der Waals surface area contributed by atoms with Crippen LogP contribution in [0.15, 0.2) is 60.7 Å². The highest BCUT2D eigenvalue weighted by atomic mass is 32.2. The minimum atomic E-state index is -3.10. The molecular formula is C20H20FNO3S. The summed E-state index contributed by atoms with van der Waals surface area (Å²) in [6.07, 6.45) is 3.48. The number of carbonyl (C=O) groups excluding carboxylic acids is 1. The Kier molecular flexibility index (Phi) is 5.52. The Hall–Kier alpha value is -2.47. The summed E-state index contributed by atoms with van der Waals surface area (Å²) in [6.45, 7) is 0.355. The molecular weight excluding hydrogens is 353 g/mol. The zero-order valence-electron chi connectivity index (χ0n) is 14.2. The van der Waals surface area contributed by atoms with Gasteiger partial charge in [-0.15, -0.1) is 0 Å². The Morgan fingerprint density at radius 1 is 1.12 bits per heavy atom. The first kappa shape index (κ1) is 18.3. The van der Waals surface area contributed by atoms with E-state index in [9.17, 15) is 17.6 Å². The van der Waals surface area contributed by atoms with Crippen molar-refractivity contribution in [3.63, 3.8) is 0 Å². The van der Waals surface area contributed by atoms with Gasteiger partial charge in [0.2, 0.25) is 5.91 Å². The molecule has 1 aliphatic rings. The van der Waals surface area contributed by atoms with Crippen molar-refractivity contribution in [3.8, 4) is 0 Å². The number of hydrogen-bond acceptors (Lipinski definition) is 3. The van der Waals surface area contributed by atoms with Gasteiger partial charge in [-0.3, -0.25) is 4.79 Å². The highest BCUT2D eigenvalue weighted by Gasteiger charge is 2.34. The van der Waals surface area contributed by atoms with Gasteiger partial charge in [-0.1, -0.05) is 42.5 Å². The summed E-state index contributed by atoms with van der Waals surface area (Å²) < 4.78 is 36.7. The summed E-state index contributed by atoms with van der Waals surface area (Å²) >= 11 is 0. The molecule has 1 atom stereocenters. The van der Waals surface area contributed by atoms with Crippen LogP contribution < -0.4 is 0 Å². The van der Waals surface area contributed by atoms with Gasteiger partial charge in [0.15, 0.2) is 9.84 Å². The average Bonchev–Trinajstić information content (AvgIpc) is 2.99. The van der Waals surface area contributed by atoms with E-state index < -0.39 is 9.84 Å². The number of carbonyl (C=O) groups is 1.